The molecular weight excluding hydrogens is 456 g/mol. The van der Waals surface area contributed by atoms with Gasteiger partial charge in [0.2, 0.25) is 0 Å². The molecular formula is C21H22Br2N2O. The predicted octanol–water partition coefficient (Wildman–Crippen LogP) is 5.78. The minimum Gasteiger partial charge on any atom is -0.492 e. The van der Waals surface area contributed by atoms with Crippen molar-refractivity contribution in [3.8, 4) is 5.75 Å². The molecule has 0 bridgehead atoms. The van der Waals surface area contributed by atoms with Crippen LogP contribution in [0, 0.1) is 0 Å². The zero-order valence-electron chi connectivity index (χ0n) is 14.5. The molecule has 0 fully saturated rings. The minimum atomic E-state index is 0.528. The van der Waals surface area contributed by atoms with Crippen molar-refractivity contribution in [2.24, 2.45) is 0 Å². The van der Waals surface area contributed by atoms with Crippen LogP contribution in [-0.2, 0) is 6.42 Å². The summed E-state index contributed by atoms with van der Waals surface area (Å²) >= 11 is 7.03. The summed E-state index contributed by atoms with van der Waals surface area (Å²) in [5.41, 5.74) is 4.17. The number of benzene rings is 2. The molecule has 0 saturated carbocycles. The highest BCUT2D eigenvalue weighted by Crippen LogP contribution is 2.34. The average Bonchev–Trinajstić information content (AvgIpc) is 2.88. The van der Waals surface area contributed by atoms with E-state index in [9.17, 15) is 0 Å². The van der Waals surface area contributed by atoms with Gasteiger partial charge < -0.3 is 15.0 Å². The molecule has 136 valence electrons. The quantitative estimate of drug-likeness (QED) is 0.457. The molecule has 2 heterocycles. The van der Waals surface area contributed by atoms with Gasteiger partial charge in [-0.25, -0.2) is 0 Å². The Hall–Kier alpha value is -1.30. The molecule has 0 aliphatic carbocycles. The Balaban J connectivity index is 1.44. The van der Waals surface area contributed by atoms with E-state index in [0.29, 0.717) is 5.92 Å². The third-order valence-electron chi connectivity index (χ3n) is 5.03. The number of para-hydroxylation sites is 1. The second-order valence-electron chi connectivity index (χ2n) is 6.78. The standard InChI is InChI=1S/C21H22Br2N2O/c22-15-7-8-20(17(23)12-15)26-11-3-4-14-13-24-10-9-19-21(14)16-5-1-2-6-18(16)25-19/h1-2,5-8,12,14,24-25H,3-4,9-11,13H2. The van der Waals surface area contributed by atoms with Crippen LogP contribution in [0.3, 0.4) is 0 Å². The summed E-state index contributed by atoms with van der Waals surface area (Å²) in [6.07, 6.45) is 3.23. The highest BCUT2D eigenvalue weighted by molar-refractivity contribution is 9.11. The lowest BCUT2D eigenvalue weighted by molar-refractivity contribution is 0.299. The van der Waals surface area contributed by atoms with Crippen molar-refractivity contribution < 1.29 is 4.74 Å². The Morgan fingerprint density at radius 2 is 2.00 bits per heavy atom. The molecule has 0 spiro atoms. The van der Waals surface area contributed by atoms with Gasteiger partial charge in [-0.05, 0) is 64.5 Å². The van der Waals surface area contributed by atoms with Crippen LogP contribution >= 0.6 is 31.9 Å². The largest absolute Gasteiger partial charge is 0.492 e. The van der Waals surface area contributed by atoms with Gasteiger partial charge in [0.25, 0.3) is 0 Å². The van der Waals surface area contributed by atoms with Crippen molar-refractivity contribution in [2.45, 2.75) is 25.2 Å². The van der Waals surface area contributed by atoms with Gasteiger partial charge in [0.15, 0.2) is 0 Å². The minimum absolute atomic E-state index is 0.528. The number of fused-ring (bicyclic) bond motifs is 3. The van der Waals surface area contributed by atoms with Crippen LogP contribution in [0.2, 0.25) is 0 Å². The van der Waals surface area contributed by atoms with Crippen LogP contribution in [0.5, 0.6) is 5.75 Å². The number of hydrogen-bond donors (Lipinski definition) is 2. The fourth-order valence-electron chi connectivity index (χ4n) is 3.83. The number of aromatic amines is 1. The van der Waals surface area contributed by atoms with Crippen LogP contribution in [0.4, 0.5) is 0 Å². The number of hydrogen-bond acceptors (Lipinski definition) is 2. The lowest BCUT2D eigenvalue weighted by Gasteiger charge is -2.17. The predicted molar refractivity (Wildman–Crippen MR) is 114 cm³/mol. The van der Waals surface area contributed by atoms with E-state index in [1.165, 1.54) is 22.2 Å². The molecule has 1 aliphatic rings. The van der Waals surface area contributed by atoms with E-state index in [1.54, 1.807) is 0 Å². The Labute approximate surface area is 170 Å². The second kappa shape index (κ2) is 8.15. The molecule has 4 rings (SSSR count). The van der Waals surface area contributed by atoms with Crippen molar-refractivity contribution in [1.82, 2.24) is 10.3 Å². The molecule has 1 atom stereocenters. The van der Waals surface area contributed by atoms with Crippen LogP contribution in [0.15, 0.2) is 51.4 Å². The molecule has 1 aliphatic heterocycles. The van der Waals surface area contributed by atoms with E-state index in [2.05, 4.69) is 66.4 Å². The summed E-state index contributed by atoms with van der Waals surface area (Å²) in [6, 6.07) is 14.7. The number of rotatable bonds is 5. The first-order chi connectivity index (χ1) is 12.7. The van der Waals surface area contributed by atoms with E-state index in [-0.39, 0.29) is 0 Å². The summed E-state index contributed by atoms with van der Waals surface area (Å²) in [5.74, 6) is 1.43. The number of ether oxygens (including phenoxy) is 1. The Morgan fingerprint density at radius 3 is 2.88 bits per heavy atom. The maximum absolute atomic E-state index is 5.98. The van der Waals surface area contributed by atoms with E-state index < -0.39 is 0 Å². The SMILES string of the molecule is Brc1ccc(OCCCC2CNCCc3[nH]c4ccccc4c32)c(Br)c1. The first-order valence-electron chi connectivity index (χ1n) is 9.10. The zero-order chi connectivity index (χ0) is 17.9. The lowest BCUT2D eigenvalue weighted by atomic mass is 9.92. The van der Waals surface area contributed by atoms with Crippen LogP contribution in [-0.4, -0.2) is 24.7 Å². The van der Waals surface area contributed by atoms with Crippen molar-refractivity contribution in [3.05, 3.63) is 62.7 Å². The van der Waals surface area contributed by atoms with Gasteiger partial charge >= 0.3 is 0 Å². The maximum atomic E-state index is 5.98. The molecule has 5 heteroatoms. The molecule has 2 aromatic carbocycles. The molecule has 2 N–H and O–H groups in total. The number of nitrogens with one attached hydrogen (secondary N) is 2. The van der Waals surface area contributed by atoms with Gasteiger partial charge in [-0.15, -0.1) is 0 Å². The molecule has 1 unspecified atom stereocenters. The van der Waals surface area contributed by atoms with Gasteiger partial charge in [0.05, 0.1) is 11.1 Å². The smallest absolute Gasteiger partial charge is 0.133 e. The molecule has 1 aromatic heterocycles. The lowest BCUT2D eigenvalue weighted by Crippen LogP contribution is -2.20. The maximum Gasteiger partial charge on any atom is 0.133 e. The molecule has 0 radical (unpaired) electrons. The first-order valence-corrected chi connectivity index (χ1v) is 10.7. The highest BCUT2D eigenvalue weighted by atomic mass is 79.9. The summed E-state index contributed by atoms with van der Waals surface area (Å²) in [7, 11) is 0. The van der Waals surface area contributed by atoms with E-state index in [4.69, 9.17) is 4.74 Å². The number of halogens is 2. The van der Waals surface area contributed by atoms with Crippen molar-refractivity contribution in [3.63, 3.8) is 0 Å². The van der Waals surface area contributed by atoms with Gasteiger partial charge in [0, 0.05) is 40.6 Å². The second-order valence-corrected chi connectivity index (χ2v) is 8.55. The Kier molecular flexibility index (Phi) is 5.67. The van der Waals surface area contributed by atoms with E-state index in [0.717, 1.165) is 53.7 Å². The van der Waals surface area contributed by atoms with Gasteiger partial charge in [-0.3, -0.25) is 0 Å². The summed E-state index contributed by atoms with van der Waals surface area (Å²) in [4.78, 5) is 3.63. The van der Waals surface area contributed by atoms with Crippen LogP contribution in [0.1, 0.15) is 30.0 Å². The Bertz CT molecular complexity index is 906. The first kappa shape index (κ1) is 18.1. The monoisotopic (exact) mass is 476 g/mol. The van der Waals surface area contributed by atoms with Crippen molar-refractivity contribution in [2.75, 3.05) is 19.7 Å². The molecule has 0 amide bonds. The molecule has 3 aromatic rings. The fraction of sp³-hybridized carbons (Fsp3) is 0.333. The fourth-order valence-corrected chi connectivity index (χ4v) is 4.99. The van der Waals surface area contributed by atoms with Gasteiger partial charge in [-0.2, -0.15) is 0 Å². The zero-order valence-corrected chi connectivity index (χ0v) is 17.7. The number of H-pyrrole nitrogens is 1. The van der Waals surface area contributed by atoms with Crippen molar-refractivity contribution in [1.29, 1.82) is 0 Å². The average molecular weight is 478 g/mol. The Morgan fingerprint density at radius 1 is 1.12 bits per heavy atom. The molecule has 26 heavy (non-hydrogen) atoms. The summed E-state index contributed by atoms with van der Waals surface area (Å²) in [6.45, 7) is 2.81. The third-order valence-corrected chi connectivity index (χ3v) is 6.14. The van der Waals surface area contributed by atoms with Crippen molar-refractivity contribution >= 4 is 42.8 Å². The third kappa shape index (κ3) is 3.85. The van der Waals surface area contributed by atoms with Gasteiger partial charge in [-0.1, -0.05) is 34.1 Å². The molecule has 3 nitrogen and oxygen atoms in total. The normalized spacial score (nSPS) is 17.1. The van der Waals surface area contributed by atoms with E-state index >= 15 is 0 Å². The summed E-state index contributed by atoms with van der Waals surface area (Å²) < 4.78 is 8.01. The molecule has 0 saturated heterocycles. The van der Waals surface area contributed by atoms with E-state index in [1.807, 2.05) is 18.2 Å². The topological polar surface area (TPSA) is 37.0 Å². The van der Waals surface area contributed by atoms with Crippen LogP contribution < -0.4 is 10.1 Å². The van der Waals surface area contributed by atoms with Gasteiger partial charge in [0.1, 0.15) is 5.75 Å². The highest BCUT2D eigenvalue weighted by Gasteiger charge is 2.22. The van der Waals surface area contributed by atoms with Crippen LogP contribution in [0.25, 0.3) is 10.9 Å². The summed E-state index contributed by atoms with van der Waals surface area (Å²) in [5, 5.41) is 4.98. The number of aromatic nitrogens is 1.